The lowest BCUT2D eigenvalue weighted by Crippen LogP contribution is -2.56. The van der Waals surface area contributed by atoms with Crippen molar-refractivity contribution in [1.82, 2.24) is 0 Å². The van der Waals surface area contributed by atoms with Crippen LogP contribution in [0.4, 0.5) is 11.4 Å². The van der Waals surface area contributed by atoms with Crippen molar-refractivity contribution in [3.05, 3.63) is 87.5 Å². The normalized spacial score (nSPS) is 13.9. The molecule has 4 rings (SSSR count). The van der Waals surface area contributed by atoms with Crippen LogP contribution in [0, 0.1) is 3.57 Å². The third-order valence-electron chi connectivity index (χ3n) is 5.27. The molecule has 1 heterocycles. The van der Waals surface area contributed by atoms with Crippen LogP contribution in [0.2, 0.25) is 0 Å². The topological polar surface area (TPSA) is 59.1 Å². The number of carbonyl (C=O) groups excluding carboxylic acids is 2. The summed E-state index contributed by atoms with van der Waals surface area (Å²) >= 11 is 7.84. The van der Waals surface area contributed by atoms with Gasteiger partial charge in [-0.05, 0) is 104 Å². The number of nitrogens with zero attached hydrogens (tertiary/aromatic N) is 2. The third-order valence-corrected chi connectivity index (χ3v) is 6.44. The van der Waals surface area contributed by atoms with Gasteiger partial charge in [-0.2, -0.15) is 0 Å². The Labute approximate surface area is 229 Å². The first-order chi connectivity index (χ1) is 17.3. The summed E-state index contributed by atoms with van der Waals surface area (Å²) in [6, 6.07) is 21.8. The third kappa shape index (κ3) is 5.29. The summed E-state index contributed by atoms with van der Waals surface area (Å²) in [5.41, 5.74) is 1.80. The summed E-state index contributed by atoms with van der Waals surface area (Å²) in [4.78, 5) is 30.2. The second-order valence-corrected chi connectivity index (χ2v) is 9.75. The van der Waals surface area contributed by atoms with Crippen LogP contribution in [0.15, 0.2) is 78.4 Å². The first-order valence-electron chi connectivity index (χ1n) is 11.5. The molecular formula is C28H25IN2O4S. The average Bonchev–Trinajstić information content (AvgIpc) is 2.85. The summed E-state index contributed by atoms with van der Waals surface area (Å²) in [7, 11) is 0. The lowest BCUT2D eigenvalue weighted by molar-refractivity contribution is -0.120. The molecule has 0 spiro atoms. The molecule has 1 fully saturated rings. The Bertz CT molecular complexity index is 1260. The molecule has 2 amide bonds. The maximum atomic E-state index is 13.7. The van der Waals surface area contributed by atoms with Gasteiger partial charge in [-0.3, -0.25) is 19.4 Å². The summed E-state index contributed by atoms with van der Waals surface area (Å²) in [5, 5.41) is 0.102. The van der Waals surface area contributed by atoms with Crippen LogP contribution >= 0.6 is 34.8 Å². The number of benzene rings is 3. The van der Waals surface area contributed by atoms with E-state index in [1.54, 1.807) is 36.4 Å². The fourth-order valence-corrected chi connectivity index (χ4v) is 4.92. The highest BCUT2D eigenvalue weighted by Gasteiger charge is 2.41. The van der Waals surface area contributed by atoms with Crippen LogP contribution in [-0.2, 0) is 9.59 Å². The van der Waals surface area contributed by atoms with E-state index in [4.69, 9.17) is 21.7 Å². The van der Waals surface area contributed by atoms with Crippen LogP contribution < -0.4 is 19.3 Å². The van der Waals surface area contributed by atoms with Crippen LogP contribution in [0.25, 0.3) is 6.08 Å². The molecule has 6 nitrogen and oxygen atoms in total. The standard InChI is InChI=1S/C28H25IN2O4S/c1-4-34-24-17-19(16-23(29)25(24)35-18(2)3)15-22-26(32)30(20-11-7-5-8-12-20)28(36)31(27(22)33)21-13-9-6-10-14-21/h5-18H,4H2,1-3H3. The molecule has 0 unspecified atom stereocenters. The van der Waals surface area contributed by atoms with Gasteiger partial charge in [0.15, 0.2) is 16.6 Å². The monoisotopic (exact) mass is 612 g/mol. The number of amides is 2. The molecule has 3 aromatic rings. The summed E-state index contributed by atoms with van der Waals surface area (Å²) in [6.45, 7) is 6.22. The number of carbonyl (C=O) groups is 2. The van der Waals surface area contributed by atoms with Crippen molar-refractivity contribution >= 4 is 69.2 Å². The molecule has 8 heteroatoms. The van der Waals surface area contributed by atoms with E-state index in [1.807, 2.05) is 63.2 Å². The van der Waals surface area contributed by atoms with E-state index in [0.29, 0.717) is 35.0 Å². The van der Waals surface area contributed by atoms with Gasteiger partial charge >= 0.3 is 0 Å². The van der Waals surface area contributed by atoms with Gasteiger partial charge in [0.05, 0.1) is 27.7 Å². The van der Waals surface area contributed by atoms with E-state index in [1.165, 1.54) is 9.80 Å². The SMILES string of the molecule is CCOc1cc(C=C2C(=O)N(c3ccccc3)C(=S)N(c3ccccc3)C2=O)cc(I)c1OC(C)C. The minimum Gasteiger partial charge on any atom is -0.490 e. The molecular weight excluding hydrogens is 587 g/mol. The number of para-hydroxylation sites is 2. The maximum Gasteiger partial charge on any atom is 0.270 e. The predicted molar refractivity (Wildman–Crippen MR) is 155 cm³/mol. The second-order valence-electron chi connectivity index (χ2n) is 8.22. The molecule has 0 N–H and O–H groups in total. The minimum atomic E-state index is -0.487. The Morgan fingerprint density at radius 2 is 1.44 bits per heavy atom. The molecule has 0 atom stereocenters. The molecule has 36 heavy (non-hydrogen) atoms. The Kier molecular flexibility index (Phi) is 8.05. The Hall–Kier alpha value is -3.24. The number of thiocarbonyl (C=S) groups is 1. The van der Waals surface area contributed by atoms with Gasteiger partial charge in [0.2, 0.25) is 0 Å². The number of hydrogen-bond donors (Lipinski definition) is 0. The highest BCUT2D eigenvalue weighted by molar-refractivity contribution is 14.1. The second kappa shape index (κ2) is 11.2. The molecule has 1 aliphatic rings. The molecule has 0 aliphatic carbocycles. The lowest BCUT2D eigenvalue weighted by atomic mass is 10.0. The van der Waals surface area contributed by atoms with Gasteiger partial charge in [0.1, 0.15) is 5.57 Å². The van der Waals surface area contributed by atoms with E-state index < -0.39 is 11.8 Å². The van der Waals surface area contributed by atoms with E-state index in [2.05, 4.69) is 22.6 Å². The van der Waals surface area contributed by atoms with E-state index in [-0.39, 0.29) is 16.8 Å². The van der Waals surface area contributed by atoms with Crippen LogP contribution in [-0.4, -0.2) is 29.6 Å². The predicted octanol–water partition coefficient (Wildman–Crippen LogP) is 6.23. The zero-order chi connectivity index (χ0) is 25.8. The van der Waals surface area contributed by atoms with Crippen molar-refractivity contribution in [2.45, 2.75) is 26.9 Å². The number of ether oxygens (including phenoxy) is 2. The van der Waals surface area contributed by atoms with Crippen LogP contribution in [0.3, 0.4) is 0 Å². The highest BCUT2D eigenvalue weighted by Crippen LogP contribution is 2.36. The van der Waals surface area contributed by atoms with Crippen molar-refractivity contribution in [3.63, 3.8) is 0 Å². The van der Waals surface area contributed by atoms with Gasteiger partial charge in [0.25, 0.3) is 11.8 Å². The Balaban J connectivity index is 1.85. The Morgan fingerprint density at radius 3 is 1.92 bits per heavy atom. The molecule has 0 bridgehead atoms. The maximum absolute atomic E-state index is 13.7. The average molecular weight is 612 g/mol. The number of halogens is 1. The van der Waals surface area contributed by atoms with Crippen molar-refractivity contribution in [2.75, 3.05) is 16.4 Å². The van der Waals surface area contributed by atoms with Crippen LogP contribution in [0.1, 0.15) is 26.3 Å². The van der Waals surface area contributed by atoms with E-state index in [9.17, 15) is 9.59 Å². The Morgan fingerprint density at radius 1 is 0.917 bits per heavy atom. The zero-order valence-electron chi connectivity index (χ0n) is 20.1. The number of rotatable bonds is 7. The van der Waals surface area contributed by atoms with Gasteiger partial charge in [-0.15, -0.1) is 0 Å². The highest BCUT2D eigenvalue weighted by atomic mass is 127. The zero-order valence-corrected chi connectivity index (χ0v) is 23.1. The molecule has 0 aromatic heterocycles. The quantitative estimate of drug-likeness (QED) is 0.137. The number of anilines is 2. The van der Waals surface area contributed by atoms with Crippen molar-refractivity contribution in [2.24, 2.45) is 0 Å². The minimum absolute atomic E-state index is 0.00733. The van der Waals surface area contributed by atoms with E-state index in [0.717, 1.165) is 3.57 Å². The largest absolute Gasteiger partial charge is 0.490 e. The van der Waals surface area contributed by atoms with Crippen molar-refractivity contribution in [3.8, 4) is 11.5 Å². The van der Waals surface area contributed by atoms with Crippen LogP contribution in [0.5, 0.6) is 11.5 Å². The van der Waals surface area contributed by atoms with Gasteiger partial charge in [0, 0.05) is 0 Å². The van der Waals surface area contributed by atoms with Gasteiger partial charge < -0.3 is 9.47 Å². The summed E-state index contributed by atoms with van der Waals surface area (Å²) in [6.07, 6.45) is 1.55. The van der Waals surface area contributed by atoms with Gasteiger partial charge in [-0.25, -0.2) is 0 Å². The molecule has 1 aliphatic heterocycles. The number of hydrogen-bond acceptors (Lipinski definition) is 5. The van der Waals surface area contributed by atoms with Crippen molar-refractivity contribution < 1.29 is 19.1 Å². The molecule has 1 saturated heterocycles. The molecule has 3 aromatic carbocycles. The lowest BCUT2D eigenvalue weighted by Gasteiger charge is -2.36. The first-order valence-corrected chi connectivity index (χ1v) is 13.0. The van der Waals surface area contributed by atoms with Crippen molar-refractivity contribution in [1.29, 1.82) is 0 Å². The first kappa shape index (κ1) is 25.8. The van der Waals surface area contributed by atoms with Gasteiger partial charge in [-0.1, -0.05) is 36.4 Å². The molecule has 0 radical (unpaired) electrons. The molecule has 0 saturated carbocycles. The van der Waals surface area contributed by atoms with E-state index >= 15 is 0 Å². The molecule has 184 valence electrons. The summed E-state index contributed by atoms with van der Waals surface area (Å²) < 4.78 is 12.6. The smallest absolute Gasteiger partial charge is 0.270 e. The summed E-state index contributed by atoms with van der Waals surface area (Å²) in [5.74, 6) is 0.211. The fourth-order valence-electron chi connectivity index (χ4n) is 3.79. The fraction of sp³-hybridized carbons (Fsp3) is 0.179.